The summed E-state index contributed by atoms with van der Waals surface area (Å²) in [7, 11) is 1.87. The molecule has 1 N–H and O–H groups in total. The molecule has 1 spiro atoms. The molecule has 0 bridgehead atoms. The highest BCUT2D eigenvalue weighted by Gasteiger charge is 2.42. The zero-order valence-electron chi connectivity index (χ0n) is 15.4. The molecule has 0 aromatic carbocycles. The van der Waals surface area contributed by atoms with E-state index in [1.165, 1.54) is 11.8 Å². The number of carbonyl (C=O) groups is 1. The number of ether oxygens (including phenoxy) is 1. The first-order chi connectivity index (χ1) is 12.0. The van der Waals surface area contributed by atoms with E-state index in [9.17, 15) is 4.79 Å². The Bertz CT molecular complexity index is 583. The Morgan fingerprint density at radius 1 is 1.44 bits per heavy atom. The van der Waals surface area contributed by atoms with Crippen LogP contribution < -0.4 is 5.32 Å². The van der Waals surface area contributed by atoms with Crippen LogP contribution in [-0.4, -0.2) is 68.7 Å². The van der Waals surface area contributed by atoms with E-state index in [1.807, 2.05) is 11.6 Å². The topological polar surface area (TPSA) is 72.3 Å². The van der Waals surface area contributed by atoms with Crippen molar-refractivity contribution < 1.29 is 9.53 Å². The molecule has 1 amide bonds. The van der Waals surface area contributed by atoms with Crippen LogP contribution >= 0.6 is 11.8 Å². The van der Waals surface area contributed by atoms with Crippen molar-refractivity contribution in [3.63, 3.8) is 0 Å². The van der Waals surface area contributed by atoms with Gasteiger partial charge in [-0.05, 0) is 39.5 Å². The number of aryl methyl sites for hydroxylation is 1. The molecule has 3 rings (SSSR count). The Morgan fingerprint density at radius 3 is 2.84 bits per heavy atom. The average Bonchev–Trinajstić information content (AvgIpc) is 3.18. The van der Waals surface area contributed by atoms with E-state index < -0.39 is 0 Å². The molecule has 25 heavy (non-hydrogen) atoms. The SMILES string of the molecule is CC(C)N1CCC2(CCC(CNC(=O)CSc3nncn3C)O2)CC1. The minimum atomic E-state index is 0.0205. The lowest BCUT2D eigenvalue weighted by Crippen LogP contribution is -2.47. The number of piperidine rings is 1. The highest BCUT2D eigenvalue weighted by molar-refractivity contribution is 7.99. The van der Waals surface area contributed by atoms with E-state index in [0.29, 0.717) is 18.3 Å². The number of thioether (sulfide) groups is 1. The van der Waals surface area contributed by atoms with Gasteiger partial charge < -0.3 is 19.5 Å². The second kappa shape index (κ2) is 8.05. The average molecular weight is 368 g/mol. The van der Waals surface area contributed by atoms with E-state index in [-0.39, 0.29) is 17.6 Å². The molecular formula is C17H29N5O2S. The van der Waals surface area contributed by atoms with Crippen molar-refractivity contribution in [1.82, 2.24) is 25.0 Å². The van der Waals surface area contributed by atoms with Crippen LogP contribution in [0, 0.1) is 0 Å². The molecule has 0 aliphatic carbocycles. The molecule has 2 saturated heterocycles. The summed E-state index contributed by atoms with van der Waals surface area (Å²) in [6.07, 6.45) is 6.16. The summed E-state index contributed by atoms with van der Waals surface area (Å²) in [6.45, 7) is 7.35. The van der Waals surface area contributed by atoms with Crippen LogP contribution in [-0.2, 0) is 16.6 Å². The van der Waals surface area contributed by atoms with Gasteiger partial charge in [0.05, 0.1) is 17.5 Å². The van der Waals surface area contributed by atoms with Crippen LogP contribution in [0.5, 0.6) is 0 Å². The molecule has 1 aromatic rings. The summed E-state index contributed by atoms with van der Waals surface area (Å²) >= 11 is 1.40. The van der Waals surface area contributed by atoms with Crippen molar-refractivity contribution in [2.75, 3.05) is 25.4 Å². The lowest BCUT2D eigenvalue weighted by atomic mass is 9.88. The maximum Gasteiger partial charge on any atom is 0.230 e. The Labute approximate surface area is 153 Å². The maximum atomic E-state index is 12.0. The molecule has 1 atom stereocenters. The van der Waals surface area contributed by atoms with Gasteiger partial charge in [0.15, 0.2) is 5.16 Å². The zero-order valence-corrected chi connectivity index (χ0v) is 16.2. The predicted octanol–water partition coefficient (Wildman–Crippen LogP) is 1.45. The minimum absolute atomic E-state index is 0.0205. The van der Waals surface area contributed by atoms with Crippen molar-refractivity contribution in [2.45, 2.75) is 62.4 Å². The number of hydrogen-bond donors (Lipinski definition) is 1. The first-order valence-corrected chi connectivity index (χ1v) is 10.1. The number of aromatic nitrogens is 3. The van der Waals surface area contributed by atoms with Crippen molar-refractivity contribution in [3.8, 4) is 0 Å². The van der Waals surface area contributed by atoms with Gasteiger partial charge in [0.2, 0.25) is 5.91 Å². The number of likely N-dealkylation sites (tertiary alicyclic amines) is 1. The summed E-state index contributed by atoms with van der Waals surface area (Å²) in [5.74, 6) is 0.375. The van der Waals surface area contributed by atoms with Crippen LogP contribution in [0.25, 0.3) is 0 Å². The fourth-order valence-electron chi connectivity index (χ4n) is 3.67. The van der Waals surface area contributed by atoms with Gasteiger partial charge in [-0.3, -0.25) is 4.79 Å². The van der Waals surface area contributed by atoms with Crippen molar-refractivity contribution in [2.24, 2.45) is 7.05 Å². The van der Waals surface area contributed by atoms with Crippen LogP contribution in [0.3, 0.4) is 0 Å². The molecule has 2 aliphatic rings. The van der Waals surface area contributed by atoms with E-state index in [1.54, 1.807) is 6.33 Å². The smallest absolute Gasteiger partial charge is 0.230 e. The third-order valence-electron chi connectivity index (χ3n) is 5.31. The molecule has 2 fully saturated rings. The number of hydrogen-bond acceptors (Lipinski definition) is 6. The van der Waals surface area contributed by atoms with Gasteiger partial charge in [0.1, 0.15) is 6.33 Å². The second-order valence-corrected chi connectivity index (χ2v) is 8.35. The number of nitrogens with one attached hydrogen (secondary N) is 1. The van der Waals surface area contributed by atoms with Gasteiger partial charge in [-0.25, -0.2) is 0 Å². The molecule has 140 valence electrons. The first kappa shape index (κ1) is 18.7. The van der Waals surface area contributed by atoms with E-state index in [2.05, 4.69) is 34.3 Å². The summed E-state index contributed by atoms with van der Waals surface area (Å²) in [4.78, 5) is 14.6. The number of nitrogens with zero attached hydrogens (tertiary/aromatic N) is 4. The Morgan fingerprint density at radius 2 is 2.20 bits per heavy atom. The standard InChI is InChI=1S/C17H29N5O2S/c1-13(2)22-8-6-17(7-9-22)5-4-14(24-17)10-18-15(23)11-25-16-20-19-12-21(16)3/h12-14H,4-11H2,1-3H3,(H,18,23). The minimum Gasteiger partial charge on any atom is -0.370 e. The zero-order chi connectivity index (χ0) is 17.9. The third-order valence-corrected chi connectivity index (χ3v) is 6.34. The molecule has 2 aliphatic heterocycles. The molecule has 0 saturated carbocycles. The normalized spacial score (nSPS) is 23.4. The Balaban J connectivity index is 1.37. The van der Waals surface area contributed by atoms with E-state index in [4.69, 9.17) is 4.74 Å². The molecule has 1 aromatic heterocycles. The van der Waals surface area contributed by atoms with E-state index in [0.717, 1.165) is 43.9 Å². The molecular weight excluding hydrogens is 338 g/mol. The van der Waals surface area contributed by atoms with Crippen LogP contribution in [0.1, 0.15) is 39.5 Å². The first-order valence-electron chi connectivity index (χ1n) is 9.13. The lowest BCUT2D eigenvalue weighted by molar-refractivity contribution is -0.120. The molecule has 7 nitrogen and oxygen atoms in total. The molecule has 0 radical (unpaired) electrons. The fraction of sp³-hybridized carbons (Fsp3) is 0.824. The monoisotopic (exact) mass is 367 g/mol. The van der Waals surface area contributed by atoms with Crippen molar-refractivity contribution >= 4 is 17.7 Å². The molecule has 1 unspecified atom stereocenters. The van der Waals surface area contributed by atoms with Gasteiger partial charge in [0.25, 0.3) is 0 Å². The highest BCUT2D eigenvalue weighted by atomic mass is 32.2. The third kappa shape index (κ3) is 4.74. The van der Waals surface area contributed by atoms with E-state index >= 15 is 0 Å². The molecule has 8 heteroatoms. The predicted molar refractivity (Wildman–Crippen MR) is 97.5 cm³/mol. The van der Waals surface area contributed by atoms with Crippen LogP contribution in [0.4, 0.5) is 0 Å². The van der Waals surface area contributed by atoms with Gasteiger partial charge in [-0.1, -0.05) is 11.8 Å². The Kier molecular flexibility index (Phi) is 6.01. The summed E-state index contributed by atoms with van der Waals surface area (Å²) in [5.41, 5.74) is 0.0498. The molecule has 3 heterocycles. The van der Waals surface area contributed by atoms with Gasteiger partial charge in [-0.2, -0.15) is 0 Å². The maximum absolute atomic E-state index is 12.0. The van der Waals surface area contributed by atoms with Crippen LogP contribution in [0.15, 0.2) is 11.5 Å². The lowest BCUT2D eigenvalue weighted by Gasteiger charge is -2.40. The largest absolute Gasteiger partial charge is 0.370 e. The summed E-state index contributed by atoms with van der Waals surface area (Å²) in [6, 6.07) is 0.611. The second-order valence-electron chi connectivity index (χ2n) is 7.41. The Hall–Kier alpha value is -1.12. The van der Waals surface area contributed by atoms with Crippen molar-refractivity contribution in [3.05, 3.63) is 6.33 Å². The van der Waals surface area contributed by atoms with Crippen LogP contribution in [0.2, 0.25) is 0 Å². The quantitative estimate of drug-likeness (QED) is 0.767. The van der Waals surface area contributed by atoms with Gasteiger partial charge in [-0.15, -0.1) is 10.2 Å². The highest BCUT2D eigenvalue weighted by Crippen LogP contribution is 2.39. The number of amides is 1. The van der Waals surface area contributed by atoms with Crippen molar-refractivity contribution in [1.29, 1.82) is 0 Å². The van der Waals surface area contributed by atoms with Gasteiger partial charge in [0, 0.05) is 32.7 Å². The number of carbonyl (C=O) groups excluding carboxylic acids is 1. The van der Waals surface area contributed by atoms with Gasteiger partial charge >= 0.3 is 0 Å². The summed E-state index contributed by atoms with van der Waals surface area (Å²) in [5, 5.41) is 11.5. The number of rotatable bonds is 6. The fourth-order valence-corrected chi connectivity index (χ4v) is 4.38. The summed E-state index contributed by atoms with van der Waals surface area (Å²) < 4.78 is 8.17.